The summed E-state index contributed by atoms with van der Waals surface area (Å²) in [4.78, 5) is 10.1. The van der Waals surface area contributed by atoms with Crippen LogP contribution in [-0.2, 0) is 21.9 Å². The number of carboxylic acids is 1. The molecule has 3 nitrogen and oxygen atoms in total. The van der Waals surface area contributed by atoms with Crippen LogP contribution in [0.2, 0.25) is 0 Å². The maximum atomic E-state index is 10.1. The van der Waals surface area contributed by atoms with Gasteiger partial charge in [0.05, 0.1) is 0 Å². The molecule has 0 spiro atoms. The van der Waals surface area contributed by atoms with Crippen molar-refractivity contribution >= 4 is 5.97 Å². The van der Waals surface area contributed by atoms with Crippen molar-refractivity contribution in [3.05, 3.63) is 0 Å². The molecule has 0 heterocycles. The van der Waals surface area contributed by atoms with Crippen molar-refractivity contribution in [3.63, 3.8) is 0 Å². The van der Waals surface area contributed by atoms with Gasteiger partial charge in [0.15, 0.2) is 0 Å². The third-order valence-corrected chi connectivity index (χ3v) is 1.04. The summed E-state index contributed by atoms with van der Waals surface area (Å²) in [5.41, 5.74) is 5.22. The first-order valence-electron chi connectivity index (χ1n) is 3.02. The molecule has 0 saturated heterocycles. The minimum atomic E-state index is -0.913. The van der Waals surface area contributed by atoms with Gasteiger partial charge in [-0.25, -0.2) is 0 Å². The molecule has 1 radical (unpaired) electrons. The third kappa shape index (κ3) is 6.08. The first kappa shape index (κ1) is 12.6. The first-order chi connectivity index (χ1) is 4.04. The largest absolute Gasteiger partial charge is 2.00 e. The summed E-state index contributed by atoms with van der Waals surface area (Å²) < 4.78 is 0. The Hall–Kier alpha value is -0.0505. The van der Waals surface area contributed by atoms with Gasteiger partial charge in [-0.15, -0.1) is 0 Å². The van der Waals surface area contributed by atoms with Crippen LogP contribution in [0.4, 0.5) is 0 Å². The zero-order valence-electron chi connectivity index (χ0n) is 6.17. The molecule has 4 heteroatoms. The second-order valence-electron chi connectivity index (χ2n) is 2.57. The van der Waals surface area contributed by atoms with Crippen molar-refractivity contribution in [1.29, 1.82) is 0 Å². The molecule has 0 rings (SSSR count). The molecule has 1 atom stereocenters. The fraction of sp³-hybridized carbons (Fsp3) is 0.833. The van der Waals surface area contributed by atoms with Gasteiger partial charge < -0.3 is 10.8 Å². The van der Waals surface area contributed by atoms with Crippen LogP contribution < -0.4 is 5.73 Å². The standard InChI is InChI=1S/C6H13NO2.Mn/c1-4(2)3-5(7)6(8)9;/h4-5H,3,7H2,1-2H3,(H,8,9);/q;+2. The van der Waals surface area contributed by atoms with E-state index in [2.05, 4.69) is 0 Å². The summed E-state index contributed by atoms with van der Waals surface area (Å²) in [6.07, 6.45) is 0.551. The molecule has 0 aliphatic carbocycles. The Bertz CT molecular complexity index is 106. The first-order valence-corrected chi connectivity index (χ1v) is 3.02. The van der Waals surface area contributed by atoms with Crippen LogP contribution in [0.15, 0.2) is 0 Å². The summed E-state index contributed by atoms with van der Waals surface area (Å²) in [6, 6.07) is -0.690. The summed E-state index contributed by atoms with van der Waals surface area (Å²) >= 11 is 0. The van der Waals surface area contributed by atoms with Crippen molar-refractivity contribution in [2.24, 2.45) is 11.7 Å². The Balaban J connectivity index is 0. The van der Waals surface area contributed by atoms with Crippen molar-refractivity contribution in [1.82, 2.24) is 0 Å². The van der Waals surface area contributed by atoms with E-state index < -0.39 is 12.0 Å². The second kappa shape index (κ2) is 5.71. The number of nitrogens with two attached hydrogens (primary N) is 1. The average molecular weight is 186 g/mol. The van der Waals surface area contributed by atoms with Crippen LogP contribution >= 0.6 is 0 Å². The van der Waals surface area contributed by atoms with Crippen molar-refractivity contribution in [3.8, 4) is 0 Å². The number of hydrogen-bond acceptors (Lipinski definition) is 2. The zero-order chi connectivity index (χ0) is 7.44. The SMILES string of the molecule is CC(C)CC(N)C(=O)O.[Mn+2]. The fourth-order valence-electron chi connectivity index (χ4n) is 0.609. The molecule has 0 aliphatic rings. The molecule has 1 unspecified atom stereocenters. The average Bonchev–Trinajstić information content (AvgIpc) is 1.63. The van der Waals surface area contributed by atoms with E-state index >= 15 is 0 Å². The zero-order valence-corrected chi connectivity index (χ0v) is 7.35. The number of hydrogen-bond donors (Lipinski definition) is 2. The van der Waals surface area contributed by atoms with E-state index in [1.807, 2.05) is 13.8 Å². The fourth-order valence-corrected chi connectivity index (χ4v) is 0.609. The summed E-state index contributed by atoms with van der Waals surface area (Å²) in [5, 5.41) is 8.31. The summed E-state index contributed by atoms with van der Waals surface area (Å²) in [5.74, 6) is -0.556. The molecule has 10 heavy (non-hydrogen) atoms. The predicted molar refractivity (Wildman–Crippen MR) is 35.1 cm³/mol. The maximum absolute atomic E-state index is 10.1. The smallest absolute Gasteiger partial charge is 0.480 e. The molecule has 0 aromatic carbocycles. The molecule has 59 valence electrons. The van der Waals surface area contributed by atoms with E-state index in [0.29, 0.717) is 12.3 Å². The molecule has 0 aromatic heterocycles. The van der Waals surface area contributed by atoms with Gasteiger partial charge in [0.2, 0.25) is 0 Å². The molecular weight excluding hydrogens is 173 g/mol. The van der Waals surface area contributed by atoms with E-state index in [1.165, 1.54) is 0 Å². The van der Waals surface area contributed by atoms with E-state index in [1.54, 1.807) is 0 Å². The summed E-state index contributed by atoms with van der Waals surface area (Å²) in [7, 11) is 0. The Morgan fingerprint density at radius 1 is 1.60 bits per heavy atom. The quantitative estimate of drug-likeness (QED) is 0.628. The van der Waals surface area contributed by atoms with Crippen LogP contribution in [0.3, 0.4) is 0 Å². The maximum Gasteiger partial charge on any atom is 2.00 e. The van der Waals surface area contributed by atoms with E-state index in [4.69, 9.17) is 10.8 Å². The number of aliphatic carboxylic acids is 1. The van der Waals surface area contributed by atoms with Gasteiger partial charge in [-0.1, -0.05) is 13.8 Å². The Morgan fingerprint density at radius 2 is 2.00 bits per heavy atom. The van der Waals surface area contributed by atoms with Crippen molar-refractivity contribution < 1.29 is 27.0 Å². The summed E-state index contributed by atoms with van der Waals surface area (Å²) in [6.45, 7) is 3.89. The van der Waals surface area contributed by atoms with Crippen LogP contribution in [-0.4, -0.2) is 17.1 Å². The molecule has 0 saturated carbocycles. The Labute approximate surface area is 71.5 Å². The van der Waals surface area contributed by atoms with Crippen molar-refractivity contribution in [2.75, 3.05) is 0 Å². The molecular formula is C6H13MnNO2+2. The molecule has 0 aromatic rings. The topological polar surface area (TPSA) is 63.3 Å². The Morgan fingerprint density at radius 3 is 2.10 bits per heavy atom. The van der Waals surface area contributed by atoms with E-state index in [9.17, 15) is 4.79 Å². The van der Waals surface area contributed by atoms with Gasteiger partial charge in [-0.3, -0.25) is 4.79 Å². The minimum absolute atomic E-state index is 0. The van der Waals surface area contributed by atoms with Gasteiger partial charge >= 0.3 is 23.0 Å². The minimum Gasteiger partial charge on any atom is -0.480 e. The Kier molecular flexibility index (Phi) is 7.20. The number of rotatable bonds is 3. The van der Waals surface area contributed by atoms with Crippen LogP contribution in [0, 0.1) is 5.92 Å². The monoisotopic (exact) mass is 186 g/mol. The van der Waals surface area contributed by atoms with E-state index in [0.717, 1.165) is 0 Å². The van der Waals surface area contributed by atoms with E-state index in [-0.39, 0.29) is 17.1 Å². The van der Waals surface area contributed by atoms with Gasteiger partial charge in [-0.2, -0.15) is 0 Å². The number of carbonyl (C=O) groups is 1. The molecule has 0 fully saturated rings. The van der Waals surface area contributed by atoms with Gasteiger partial charge in [0, 0.05) is 0 Å². The molecule has 3 N–H and O–H groups in total. The second-order valence-corrected chi connectivity index (χ2v) is 2.57. The van der Waals surface area contributed by atoms with Crippen molar-refractivity contribution in [2.45, 2.75) is 26.3 Å². The molecule has 0 bridgehead atoms. The molecule has 0 amide bonds. The third-order valence-electron chi connectivity index (χ3n) is 1.04. The normalized spacial score (nSPS) is 12.4. The van der Waals surface area contributed by atoms with Crippen LogP contribution in [0.5, 0.6) is 0 Å². The van der Waals surface area contributed by atoms with Gasteiger partial charge in [0.1, 0.15) is 6.04 Å². The van der Waals surface area contributed by atoms with Crippen LogP contribution in [0.1, 0.15) is 20.3 Å². The van der Waals surface area contributed by atoms with Gasteiger partial charge in [0.25, 0.3) is 0 Å². The number of carboxylic acid groups (broad SMARTS) is 1. The molecule has 0 aliphatic heterocycles. The predicted octanol–water partition coefficient (Wildman–Crippen LogP) is 0.442. The van der Waals surface area contributed by atoms with Gasteiger partial charge in [-0.05, 0) is 12.3 Å². The van der Waals surface area contributed by atoms with Crippen LogP contribution in [0.25, 0.3) is 0 Å².